The minimum absolute atomic E-state index is 0.0121. The van der Waals surface area contributed by atoms with Gasteiger partial charge in [-0.2, -0.15) is 4.99 Å². The number of carbonyl (C=O) groups excluding carboxylic acids is 1. The second kappa shape index (κ2) is 2.77. The van der Waals surface area contributed by atoms with Crippen molar-refractivity contribution in [2.45, 2.75) is 31.7 Å². The molecule has 1 unspecified atom stereocenters. The lowest BCUT2D eigenvalue weighted by atomic mass is 10.1. The van der Waals surface area contributed by atoms with Crippen LogP contribution in [0.4, 0.5) is 4.79 Å². The molecule has 12 heavy (non-hydrogen) atoms. The summed E-state index contributed by atoms with van der Waals surface area (Å²) in [4.78, 5) is 14.4. The molecule has 1 saturated carbocycles. The monoisotopic (exact) mass is 167 g/mol. The van der Waals surface area contributed by atoms with E-state index in [1.54, 1.807) is 0 Å². The fourth-order valence-electron chi connectivity index (χ4n) is 1.48. The van der Waals surface area contributed by atoms with Crippen LogP contribution >= 0.6 is 0 Å². The molecule has 0 aromatic heterocycles. The van der Waals surface area contributed by atoms with Gasteiger partial charge in [-0.25, -0.2) is 4.79 Å². The second-order valence-electron chi connectivity index (χ2n) is 3.56. The van der Waals surface area contributed by atoms with Crippen LogP contribution in [0.15, 0.2) is 4.99 Å². The maximum absolute atomic E-state index is 10.7. The van der Waals surface area contributed by atoms with Crippen LogP contribution in [0.5, 0.6) is 0 Å². The Bertz CT molecular complexity index is 232. The number of carbonyl (C=O) groups is 1. The number of amidine groups is 1. The van der Waals surface area contributed by atoms with Crippen LogP contribution in [0.1, 0.15) is 25.7 Å². The summed E-state index contributed by atoms with van der Waals surface area (Å²) in [6.45, 7) is 0. The van der Waals surface area contributed by atoms with Crippen LogP contribution in [0.25, 0.3) is 0 Å². The van der Waals surface area contributed by atoms with E-state index in [9.17, 15) is 4.79 Å². The molecule has 66 valence electrons. The zero-order valence-corrected chi connectivity index (χ0v) is 6.92. The Hall–Kier alpha value is -1.06. The third-order valence-corrected chi connectivity index (χ3v) is 2.45. The number of nitrogens with two attached hydrogens (primary N) is 1. The predicted molar refractivity (Wildman–Crippen MR) is 45.9 cm³/mol. The van der Waals surface area contributed by atoms with Gasteiger partial charge >= 0.3 is 6.03 Å². The Balaban J connectivity index is 1.80. The first kappa shape index (κ1) is 7.58. The van der Waals surface area contributed by atoms with E-state index in [0.29, 0.717) is 5.84 Å². The molecule has 1 fully saturated rings. The standard InChI is InChI=1S/C8H13N3O/c9-7-6(10-8(12)11-7)4-3-5-1-2-5/h5-6H,1-4H2,(H3,9,10,11,12). The molecular formula is C8H13N3O. The molecule has 1 heterocycles. The molecule has 1 atom stereocenters. The van der Waals surface area contributed by atoms with E-state index >= 15 is 0 Å². The first-order valence-corrected chi connectivity index (χ1v) is 4.40. The minimum atomic E-state index is -0.284. The van der Waals surface area contributed by atoms with Crippen LogP contribution < -0.4 is 11.1 Å². The number of hydrogen-bond acceptors (Lipinski definition) is 2. The molecule has 2 aliphatic rings. The van der Waals surface area contributed by atoms with Gasteiger partial charge in [0, 0.05) is 0 Å². The average molecular weight is 167 g/mol. The summed E-state index contributed by atoms with van der Waals surface area (Å²) in [5.74, 6) is 1.34. The van der Waals surface area contributed by atoms with Gasteiger partial charge in [-0.1, -0.05) is 12.8 Å². The van der Waals surface area contributed by atoms with E-state index in [2.05, 4.69) is 10.3 Å². The van der Waals surface area contributed by atoms with Crippen LogP contribution in [0.3, 0.4) is 0 Å². The topological polar surface area (TPSA) is 67.5 Å². The molecule has 0 saturated heterocycles. The highest BCUT2D eigenvalue weighted by Gasteiger charge is 2.27. The summed E-state index contributed by atoms with van der Waals surface area (Å²) >= 11 is 0. The molecule has 0 aromatic carbocycles. The number of nitrogens with one attached hydrogen (secondary N) is 1. The van der Waals surface area contributed by atoms with Gasteiger partial charge in [0.15, 0.2) is 0 Å². The van der Waals surface area contributed by atoms with Gasteiger partial charge in [0.1, 0.15) is 5.84 Å². The van der Waals surface area contributed by atoms with Gasteiger partial charge in [-0.05, 0) is 18.8 Å². The summed E-state index contributed by atoms with van der Waals surface area (Å²) in [7, 11) is 0. The Labute approximate surface area is 71.2 Å². The molecule has 2 rings (SSSR count). The molecule has 0 bridgehead atoms. The highest BCUT2D eigenvalue weighted by Crippen LogP contribution is 2.34. The normalized spacial score (nSPS) is 28.5. The van der Waals surface area contributed by atoms with Crippen molar-refractivity contribution in [3.8, 4) is 0 Å². The van der Waals surface area contributed by atoms with Crippen LogP contribution in [-0.4, -0.2) is 17.9 Å². The molecule has 1 aliphatic carbocycles. The van der Waals surface area contributed by atoms with Crippen LogP contribution in [0.2, 0.25) is 0 Å². The maximum Gasteiger partial charge on any atom is 0.343 e. The van der Waals surface area contributed by atoms with Crippen molar-refractivity contribution in [2.24, 2.45) is 16.6 Å². The van der Waals surface area contributed by atoms with Crippen molar-refractivity contribution in [1.29, 1.82) is 0 Å². The molecule has 0 aromatic rings. The predicted octanol–water partition coefficient (Wildman–Crippen LogP) is 0.626. The first-order valence-electron chi connectivity index (χ1n) is 4.40. The SMILES string of the molecule is NC1=NC(=O)NC1CCC1CC1. The molecule has 4 heteroatoms. The van der Waals surface area contributed by atoms with Crippen LogP contribution in [0, 0.1) is 5.92 Å². The van der Waals surface area contributed by atoms with Crippen molar-refractivity contribution in [3.63, 3.8) is 0 Å². The minimum Gasteiger partial charge on any atom is -0.385 e. The summed E-state index contributed by atoms with van der Waals surface area (Å²) in [5.41, 5.74) is 5.54. The summed E-state index contributed by atoms with van der Waals surface area (Å²) in [5, 5.41) is 2.72. The molecule has 0 radical (unpaired) electrons. The second-order valence-corrected chi connectivity index (χ2v) is 3.56. The van der Waals surface area contributed by atoms with Gasteiger partial charge in [0.05, 0.1) is 6.04 Å². The lowest BCUT2D eigenvalue weighted by Crippen LogP contribution is -2.36. The zero-order chi connectivity index (χ0) is 8.55. The van der Waals surface area contributed by atoms with Crippen molar-refractivity contribution in [2.75, 3.05) is 0 Å². The van der Waals surface area contributed by atoms with Gasteiger partial charge < -0.3 is 11.1 Å². The number of rotatable bonds is 3. The van der Waals surface area contributed by atoms with E-state index in [-0.39, 0.29) is 12.1 Å². The number of hydrogen-bond donors (Lipinski definition) is 2. The van der Waals surface area contributed by atoms with E-state index in [1.807, 2.05) is 0 Å². The highest BCUT2D eigenvalue weighted by atomic mass is 16.2. The number of aliphatic imine (C=N–C) groups is 1. The average Bonchev–Trinajstić information content (AvgIpc) is 2.76. The fraction of sp³-hybridized carbons (Fsp3) is 0.750. The zero-order valence-electron chi connectivity index (χ0n) is 6.92. The van der Waals surface area contributed by atoms with Gasteiger partial charge in [0.25, 0.3) is 0 Å². The maximum atomic E-state index is 10.7. The van der Waals surface area contributed by atoms with E-state index in [1.165, 1.54) is 19.3 Å². The molecule has 2 amide bonds. The summed E-state index contributed by atoms with van der Waals surface area (Å²) in [6, 6.07) is -0.272. The Morgan fingerprint density at radius 1 is 1.50 bits per heavy atom. The largest absolute Gasteiger partial charge is 0.385 e. The lowest BCUT2D eigenvalue weighted by molar-refractivity contribution is 0.250. The molecule has 1 aliphatic heterocycles. The third-order valence-electron chi connectivity index (χ3n) is 2.45. The van der Waals surface area contributed by atoms with E-state index in [4.69, 9.17) is 5.73 Å². The lowest BCUT2D eigenvalue weighted by Gasteiger charge is -2.08. The van der Waals surface area contributed by atoms with Gasteiger partial charge in [0.2, 0.25) is 0 Å². The Kier molecular flexibility index (Phi) is 1.75. The smallest absolute Gasteiger partial charge is 0.343 e. The van der Waals surface area contributed by atoms with E-state index < -0.39 is 0 Å². The molecule has 0 spiro atoms. The summed E-state index contributed by atoms with van der Waals surface area (Å²) in [6.07, 6.45) is 4.81. The number of nitrogens with zero attached hydrogens (tertiary/aromatic N) is 1. The Morgan fingerprint density at radius 2 is 2.25 bits per heavy atom. The van der Waals surface area contributed by atoms with E-state index in [0.717, 1.165) is 12.3 Å². The highest BCUT2D eigenvalue weighted by molar-refractivity contribution is 6.02. The third kappa shape index (κ3) is 1.57. The summed E-state index contributed by atoms with van der Waals surface area (Å²) < 4.78 is 0. The van der Waals surface area contributed by atoms with Gasteiger partial charge in [-0.3, -0.25) is 0 Å². The fourth-order valence-corrected chi connectivity index (χ4v) is 1.48. The van der Waals surface area contributed by atoms with Crippen molar-refractivity contribution in [1.82, 2.24) is 5.32 Å². The Morgan fingerprint density at radius 3 is 2.75 bits per heavy atom. The van der Waals surface area contributed by atoms with Crippen LogP contribution in [-0.2, 0) is 0 Å². The quantitative estimate of drug-likeness (QED) is 0.647. The molecular weight excluding hydrogens is 154 g/mol. The number of urea groups is 1. The number of amides is 2. The first-order chi connectivity index (χ1) is 5.75. The van der Waals surface area contributed by atoms with Crippen molar-refractivity contribution in [3.05, 3.63) is 0 Å². The molecule has 3 N–H and O–H groups in total. The van der Waals surface area contributed by atoms with Crippen molar-refractivity contribution < 1.29 is 4.79 Å². The molecule has 4 nitrogen and oxygen atoms in total. The van der Waals surface area contributed by atoms with Gasteiger partial charge in [-0.15, -0.1) is 0 Å². The van der Waals surface area contributed by atoms with Crippen molar-refractivity contribution >= 4 is 11.9 Å².